The molecule has 1 aromatic carbocycles. The number of nitrogens with one attached hydrogen (secondary N) is 1. The van der Waals surface area contributed by atoms with Gasteiger partial charge >= 0.3 is 0 Å². The van der Waals surface area contributed by atoms with E-state index in [2.05, 4.69) is 20.8 Å². The normalized spacial score (nSPS) is 11.0. The van der Waals surface area contributed by atoms with Crippen LogP contribution < -0.4 is 5.32 Å². The third-order valence-corrected chi connectivity index (χ3v) is 3.84. The fourth-order valence-electron chi connectivity index (χ4n) is 1.99. The highest BCUT2D eigenvalue weighted by atomic mass is 32.1. The molecule has 0 bridgehead atoms. The standard InChI is InChI=1S/C15H13N5OS/c1-11-9-12(4-6-14(11)20-10-16-18-19-20)17-15(21)7-5-13-3-2-8-22-13/h2-10H,1H3,(H,17,21)/b7-5+. The summed E-state index contributed by atoms with van der Waals surface area (Å²) in [5, 5.41) is 15.9. The van der Waals surface area contributed by atoms with Gasteiger partial charge in [0.2, 0.25) is 5.91 Å². The van der Waals surface area contributed by atoms with Gasteiger partial charge in [-0.2, -0.15) is 0 Å². The van der Waals surface area contributed by atoms with Crippen molar-refractivity contribution in [3.63, 3.8) is 0 Å². The Morgan fingerprint density at radius 3 is 2.95 bits per heavy atom. The van der Waals surface area contributed by atoms with Gasteiger partial charge in [0, 0.05) is 16.6 Å². The zero-order chi connectivity index (χ0) is 15.4. The Bertz CT molecular complexity index is 793. The zero-order valence-corrected chi connectivity index (χ0v) is 12.6. The van der Waals surface area contributed by atoms with Gasteiger partial charge in [0.1, 0.15) is 6.33 Å². The Morgan fingerprint density at radius 1 is 1.36 bits per heavy atom. The molecule has 1 amide bonds. The molecule has 0 radical (unpaired) electrons. The molecule has 0 aliphatic carbocycles. The maximum Gasteiger partial charge on any atom is 0.248 e. The number of carbonyl (C=O) groups excluding carboxylic acids is 1. The first-order valence-electron chi connectivity index (χ1n) is 6.59. The fourth-order valence-corrected chi connectivity index (χ4v) is 2.61. The molecule has 0 saturated carbocycles. The number of thiophene rings is 1. The molecule has 0 atom stereocenters. The highest BCUT2D eigenvalue weighted by molar-refractivity contribution is 7.10. The molecular weight excluding hydrogens is 298 g/mol. The van der Waals surface area contributed by atoms with E-state index in [1.54, 1.807) is 22.1 Å². The van der Waals surface area contributed by atoms with E-state index in [1.807, 2.05) is 42.6 Å². The van der Waals surface area contributed by atoms with Crippen LogP contribution >= 0.6 is 11.3 Å². The van der Waals surface area contributed by atoms with Crippen molar-refractivity contribution < 1.29 is 4.79 Å². The minimum atomic E-state index is -0.164. The number of anilines is 1. The summed E-state index contributed by atoms with van der Waals surface area (Å²) in [5.41, 5.74) is 2.57. The van der Waals surface area contributed by atoms with Crippen molar-refractivity contribution in [1.29, 1.82) is 0 Å². The van der Waals surface area contributed by atoms with Crippen LogP contribution in [0.15, 0.2) is 48.1 Å². The number of aryl methyl sites for hydroxylation is 1. The van der Waals surface area contributed by atoms with Gasteiger partial charge in [0.25, 0.3) is 0 Å². The zero-order valence-electron chi connectivity index (χ0n) is 11.8. The molecule has 0 aliphatic rings. The first-order chi connectivity index (χ1) is 10.7. The molecule has 3 aromatic rings. The number of tetrazole rings is 1. The second-order valence-corrected chi connectivity index (χ2v) is 5.57. The van der Waals surface area contributed by atoms with Crippen LogP contribution in [0.4, 0.5) is 5.69 Å². The van der Waals surface area contributed by atoms with E-state index in [0.717, 1.165) is 21.8 Å². The summed E-state index contributed by atoms with van der Waals surface area (Å²) in [6.45, 7) is 1.94. The smallest absolute Gasteiger partial charge is 0.248 e. The Morgan fingerprint density at radius 2 is 2.27 bits per heavy atom. The molecule has 1 N–H and O–H groups in total. The molecule has 7 heteroatoms. The molecule has 3 rings (SSSR count). The third-order valence-electron chi connectivity index (χ3n) is 3.00. The van der Waals surface area contributed by atoms with Crippen molar-refractivity contribution in [3.05, 3.63) is 58.6 Å². The summed E-state index contributed by atoms with van der Waals surface area (Å²) in [7, 11) is 0. The SMILES string of the molecule is Cc1cc(NC(=O)/C=C/c2cccs2)ccc1-n1cnnn1. The summed E-state index contributed by atoms with van der Waals surface area (Å²) in [5.74, 6) is -0.164. The maximum atomic E-state index is 11.9. The monoisotopic (exact) mass is 311 g/mol. The highest BCUT2D eigenvalue weighted by Gasteiger charge is 2.05. The highest BCUT2D eigenvalue weighted by Crippen LogP contribution is 2.18. The predicted octanol–water partition coefficient (Wildman–Crippen LogP) is 2.68. The van der Waals surface area contributed by atoms with Gasteiger partial charge in [0.15, 0.2) is 0 Å². The van der Waals surface area contributed by atoms with Gasteiger partial charge < -0.3 is 5.32 Å². The van der Waals surface area contributed by atoms with Crippen LogP contribution in [0.5, 0.6) is 0 Å². The van der Waals surface area contributed by atoms with Crippen molar-refractivity contribution in [3.8, 4) is 5.69 Å². The van der Waals surface area contributed by atoms with E-state index in [0.29, 0.717) is 0 Å². The molecule has 110 valence electrons. The van der Waals surface area contributed by atoms with E-state index in [4.69, 9.17) is 0 Å². The molecular formula is C15H13N5OS. The van der Waals surface area contributed by atoms with E-state index in [-0.39, 0.29) is 5.91 Å². The number of benzene rings is 1. The number of hydrogen-bond acceptors (Lipinski definition) is 5. The molecule has 22 heavy (non-hydrogen) atoms. The lowest BCUT2D eigenvalue weighted by atomic mass is 10.2. The fraction of sp³-hybridized carbons (Fsp3) is 0.0667. The topological polar surface area (TPSA) is 72.7 Å². The molecule has 0 spiro atoms. The van der Waals surface area contributed by atoms with Gasteiger partial charge in [-0.25, -0.2) is 4.68 Å². The van der Waals surface area contributed by atoms with Crippen LogP contribution in [0.3, 0.4) is 0 Å². The molecule has 0 fully saturated rings. The first-order valence-corrected chi connectivity index (χ1v) is 7.47. The molecule has 0 aliphatic heterocycles. The van der Waals surface area contributed by atoms with E-state index in [9.17, 15) is 4.79 Å². The van der Waals surface area contributed by atoms with Gasteiger partial charge in [0.05, 0.1) is 5.69 Å². The summed E-state index contributed by atoms with van der Waals surface area (Å²) in [4.78, 5) is 12.9. The van der Waals surface area contributed by atoms with Crippen molar-refractivity contribution >= 4 is 29.0 Å². The number of carbonyl (C=O) groups is 1. The lowest BCUT2D eigenvalue weighted by Crippen LogP contribution is -2.08. The summed E-state index contributed by atoms with van der Waals surface area (Å²) in [6, 6.07) is 9.47. The van der Waals surface area contributed by atoms with Crippen LogP contribution in [-0.4, -0.2) is 26.1 Å². The maximum absolute atomic E-state index is 11.9. The molecule has 2 aromatic heterocycles. The number of hydrogen-bond donors (Lipinski definition) is 1. The lowest BCUT2D eigenvalue weighted by Gasteiger charge is -2.07. The van der Waals surface area contributed by atoms with Crippen LogP contribution in [0.25, 0.3) is 11.8 Å². The Hall–Kier alpha value is -2.80. The first kappa shape index (κ1) is 14.2. The number of rotatable bonds is 4. The van der Waals surface area contributed by atoms with Crippen LogP contribution in [0.2, 0.25) is 0 Å². The number of nitrogens with zero attached hydrogens (tertiary/aromatic N) is 4. The van der Waals surface area contributed by atoms with Gasteiger partial charge in [-0.3, -0.25) is 4.79 Å². The lowest BCUT2D eigenvalue weighted by molar-refractivity contribution is -0.111. The van der Waals surface area contributed by atoms with Gasteiger partial charge in [-0.05, 0) is 58.6 Å². The van der Waals surface area contributed by atoms with E-state index < -0.39 is 0 Å². The summed E-state index contributed by atoms with van der Waals surface area (Å²) < 4.78 is 1.58. The van der Waals surface area contributed by atoms with Crippen LogP contribution in [0.1, 0.15) is 10.4 Å². The number of aromatic nitrogens is 4. The average Bonchev–Trinajstić information content (AvgIpc) is 3.19. The third kappa shape index (κ3) is 3.26. The second-order valence-electron chi connectivity index (χ2n) is 4.59. The minimum Gasteiger partial charge on any atom is -0.323 e. The van der Waals surface area contributed by atoms with Crippen molar-refractivity contribution in [2.24, 2.45) is 0 Å². The molecule has 0 saturated heterocycles. The number of amides is 1. The van der Waals surface area contributed by atoms with Gasteiger partial charge in [-0.1, -0.05) is 6.07 Å². The summed E-state index contributed by atoms with van der Waals surface area (Å²) in [6.07, 6.45) is 4.85. The molecule has 0 unspecified atom stereocenters. The predicted molar refractivity (Wildman–Crippen MR) is 85.9 cm³/mol. The Kier molecular flexibility index (Phi) is 4.06. The average molecular weight is 311 g/mol. The second kappa shape index (κ2) is 6.31. The van der Waals surface area contributed by atoms with Crippen molar-refractivity contribution in [2.75, 3.05) is 5.32 Å². The minimum absolute atomic E-state index is 0.164. The van der Waals surface area contributed by atoms with Crippen molar-refractivity contribution in [1.82, 2.24) is 20.2 Å². The summed E-state index contributed by atoms with van der Waals surface area (Å²) >= 11 is 1.59. The van der Waals surface area contributed by atoms with Gasteiger partial charge in [-0.15, -0.1) is 16.4 Å². The Balaban J connectivity index is 1.70. The largest absolute Gasteiger partial charge is 0.323 e. The quantitative estimate of drug-likeness (QED) is 0.752. The van der Waals surface area contributed by atoms with Crippen LogP contribution in [0, 0.1) is 6.92 Å². The van der Waals surface area contributed by atoms with Crippen molar-refractivity contribution in [2.45, 2.75) is 6.92 Å². The molecule has 6 nitrogen and oxygen atoms in total. The van der Waals surface area contributed by atoms with E-state index >= 15 is 0 Å². The Labute approximate surface area is 131 Å². The van der Waals surface area contributed by atoms with E-state index in [1.165, 1.54) is 12.4 Å². The van der Waals surface area contributed by atoms with Crippen LogP contribution in [-0.2, 0) is 4.79 Å². The molecule has 2 heterocycles.